The minimum Gasteiger partial charge on any atom is -0.465 e. The fourth-order valence-electron chi connectivity index (χ4n) is 0.644. The van der Waals surface area contributed by atoms with E-state index in [-0.39, 0.29) is 19.2 Å². The van der Waals surface area contributed by atoms with E-state index in [1.807, 2.05) is 0 Å². The van der Waals surface area contributed by atoms with Gasteiger partial charge in [0.1, 0.15) is 0 Å². The molecule has 0 heterocycles. The van der Waals surface area contributed by atoms with Crippen molar-refractivity contribution < 1.29 is 19.4 Å². The highest BCUT2D eigenvalue weighted by atomic mass is 35.5. The summed E-state index contributed by atoms with van der Waals surface area (Å²) in [6, 6.07) is -0.210. The number of nitrogens with zero attached hydrogens (tertiary/aromatic N) is 2. The van der Waals surface area contributed by atoms with Gasteiger partial charge >= 0.3 is 12.2 Å². The number of halogens is 1. The summed E-state index contributed by atoms with van der Waals surface area (Å²) in [4.78, 5) is 23.7. The third kappa shape index (κ3) is 4.76. The van der Waals surface area contributed by atoms with Crippen molar-refractivity contribution in [1.82, 2.24) is 9.80 Å². The predicted molar refractivity (Wildman–Crippen MR) is 50.5 cm³/mol. The van der Waals surface area contributed by atoms with Crippen LogP contribution in [0.5, 0.6) is 0 Å². The molecule has 6 nitrogen and oxygen atoms in total. The monoisotopic (exact) mass is 224 g/mol. The largest absolute Gasteiger partial charge is 0.465 e. The normalized spacial score (nSPS) is 9.36. The Hall–Kier alpha value is -1.17. The van der Waals surface area contributed by atoms with Crippen LogP contribution >= 0.6 is 11.6 Å². The second-order valence-corrected chi connectivity index (χ2v) is 2.86. The lowest BCUT2D eigenvalue weighted by atomic mass is 10.5. The molecule has 0 saturated heterocycles. The van der Waals surface area contributed by atoms with E-state index in [9.17, 15) is 9.59 Å². The fourth-order valence-corrected chi connectivity index (χ4v) is 0.737. The maximum absolute atomic E-state index is 11.0. The van der Waals surface area contributed by atoms with Gasteiger partial charge in [0.15, 0.2) is 6.07 Å². The van der Waals surface area contributed by atoms with Crippen molar-refractivity contribution in [1.29, 1.82) is 0 Å². The number of carboxylic acid groups (broad SMARTS) is 1. The number of alkyl halides is 1. The van der Waals surface area contributed by atoms with Gasteiger partial charge in [-0.2, -0.15) is 0 Å². The van der Waals surface area contributed by atoms with E-state index in [0.29, 0.717) is 0 Å². The number of ether oxygens (including phenoxy) is 1. The Balaban J connectivity index is 3.78. The molecule has 14 heavy (non-hydrogen) atoms. The van der Waals surface area contributed by atoms with Crippen LogP contribution in [0, 0.1) is 0 Å². The molecule has 82 valence electrons. The molecule has 2 amide bonds. The molecule has 0 saturated carbocycles. The quantitative estimate of drug-likeness (QED) is 0.719. The molecule has 0 atom stereocenters. The van der Waals surface area contributed by atoms with E-state index in [4.69, 9.17) is 16.7 Å². The summed E-state index contributed by atoms with van der Waals surface area (Å²) in [6.45, 7) is 0.488. The van der Waals surface area contributed by atoms with Gasteiger partial charge in [-0.25, -0.2) is 9.59 Å². The van der Waals surface area contributed by atoms with Crippen molar-refractivity contribution in [3.63, 3.8) is 0 Å². The molecule has 7 heteroatoms. The van der Waals surface area contributed by atoms with Gasteiger partial charge < -0.3 is 19.6 Å². The third-order valence-corrected chi connectivity index (χ3v) is 1.70. The molecular formula is C7H13ClN2O4. The van der Waals surface area contributed by atoms with Crippen molar-refractivity contribution >= 4 is 23.8 Å². The zero-order valence-corrected chi connectivity index (χ0v) is 8.82. The molecule has 0 aliphatic heterocycles. The van der Waals surface area contributed by atoms with Crippen LogP contribution in [0.15, 0.2) is 0 Å². The van der Waals surface area contributed by atoms with Crippen LogP contribution in [-0.2, 0) is 4.74 Å². The second kappa shape index (κ2) is 6.31. The van der Waals surface area contributed by atoms with Crippen molar-refractivity contribution in [2.75, 3.05) is 33.3 Å². The summed E-state index contributed by atoms with van der Waals surface area (Å²) in [5.74, 6) is 0. The fraction of sp³-hybridized carbons (Fsp3) is 0.714. The summed E-state index contributed by atoms with van der Waals surface area (Å²) in [5.41, 5.74) is 0. The molecule has 0 fully saturated rings. The Morgan fingerprint density at radius 1 is 1.29 bits per heavy atom. The van der Waals surface area contributed by atoms with Crippen molar-refractivity contribution in [3.8, 4) is 0 Å². The molecule has 0 unspecified atom stereocenters. The van der Waals surface area contributed by atoms with E-state index in [2.05, 4.69) is 4.74 Å². The molecule has 0 rings (SSSR count). The minimum absolute atomic E-state index is 0.210. The lowest BCUT2D eigenvalue weighted by Crippen LogP contribution is -2.36. The average Bonchev–Trinajstić information content (AvgIpc) is 2.13. The molecule has 0 spiro atoms. The first-order valence-electron chi connectivity index (χ1n) is 3.87. The van der Waals surface area contributed by atoms with E-state index in [1.54, 1.807) is 0 Å². The molecule has 1 N–H and O–H groups in total. The number of carbonyl (C=O) groups is 2. The minimum atomic E-state index is -1.04. The molecule has 0 aromatic rings. The number of hydrogen-bond acceptors (Lipinski definition) is 3. The number of likely N-dealkylation sites (N-methyl/N-ethyl adjacent to an activating group) is 2. The number of rotatable bonds is 4. The maximum Gasteiger partial charge on any atom is 0.410 e. The van der Waals surface area contributed by atoms with Gasteiger partial charge in [0, 0.05) is 27.2 Å². The summed E-state index contributed by atoms with van der Waals surface area (Å²) in [5, 5.41) is 8.51. The van der Waals surface area contributed by atoms with Crippen LogP contribution in [0.4, 0.5) is 9.59 Å². The Morgan fingerprint density at radius 3 is 2.21 bits per heavy atom. The van der Waals surface area contributed by atoms with Gasteiger partial charge in [0.2, 0.25) is 0 Å². The van der Waals surface area contributed by atoms with Crippen LogP contribution in [0.25, 0.3) is 0 Å². The van der Waals surface area contributed by atoms with Crippen LogP contribution in [-0.4, -0.2) is 60.3 Å². The lowest BCUT2D eigenvalue weighted by Gasteiger charge is -2.19. The average molecular weight is 225 g/mol. The summed E-state index contributed by atoms with van der Waals surface area (Å²) < 4.78 is 4.48. The molecule has 0 radical (unpaired) electrons. The predicted octanol–water partition coefficient (Wildman–Crippen LogP) is 0.861. The van der Waals surface area contributed by atoms with E-state index >= 15 is 0 Å². The Labute approximate surface area is 87.0 Å². The zero-order chi connectivity index (χ0) is 11.1. The van der Waals surface area contributed by atoms with Crippen molar-refractivity contribution in [2.45, 2.75) is 0 Å². The van der Waals surface area contributed by atoms with Gasteiger partial charge in [-0.05, 0) is 0 Å². The lowest BCUT2D eigenvalue weighted by molar-refractivity contribution is 0.119. The smallest absolute Gasteiger partial charge is 0.410 e. The molecule has 0 aliphatic rings. The number of hydrogen-bond donors (Lipinski definition) is 1. The Morgan fingerprint density at radius 2 is 1.79 bits per heavy atom. The first kappa shape index (κ1) is 12.8. The molecule has 0 bridgehead atoms. The summed E-state index contributed by atoms with van der Waals surface area (Å²) >= 11 is 5.18. The SMILES string of the molecule is CN(CCN(C)C(=O)OCCl)C(=O)O. The summed E-state index contributed by atoms with van der Waals surface area (Å²) in [6.07, 6.45) is -1.61. The van der Waals surface area contributed by atoms with Crippen molar-refractivity contribution in [2.24, 2.45) is 0 Å². The van der Waals surface area contributed by atoms with Gasteiger partial charge in [-0.15, -0.1) is 0 Å². The third-order valence-electron chi connectivity index (χ3n) is 1.59. The van der Waals surface area contributed by atoms with Crippen LogP contribution in [0.3, 0.4) is 0 Å². The highest BCUT2D eigenvalue weighted by Gasteiger charge is 2.11. The maximum atomic E-state index is 11.0. The van der Waals surface area contributed by atoms with Crippen LogP contribution in [0.1, 0.15) is 0 Å². The first-order valence-corrected chi connectivity index (χ1v) is 4.40. The van der Waals surface area contributed by atoms with Gasteiger partial charge in [0.25, 0.3) is 0 Å². The first-order chi connectivity index (χ1) is 6.49. The molecule has 0 aliphatic carbocycles. The summed E-state index contributed by atoms with van der Waals surface area (Å²) in [7, 11) is 2.92. The van der Waals surface area contributed by atoms with Crippen LogP contribution in [0.2, 0.25) is 0 Å². The number of amides is 2. The Bertz CT molecular complexity index is 212. The molecular weight excluding hydrogens is 212 g/mol. The second-order valence-electron chi connectivity index (χ2n) is 2.65. The highest BCUT2D eigenvalue weighted by Crippen LogP contribution is 1.93. The van der Waals surface area contributed by atoms with Crippen LogP contribution < -0.4 is 0 Å². The standard InChI is InChI=1S/C7H13ClN2O4/c1-9(6(11)12)3-4-10(2)7(13)14-5-8/h3-5H2,1-2H3,(H,11,12). The molecule has 0 aromatic heterocycles. The van der Waals surface area contributed by atoms with E-state index < -0.39 is 12.2 Å². The van der Waals surface area contributed by atoms with Crippen molar-refractivity contribution in [3.05, 3.63) is 0 Å². The van der Waals surface area contributed by atoms with Gasteiger partial charge in [0.05, 0.1) is 0 Å². The van der Waals surface area contributed by atoms with Gasteiger partial charge in [-0.3, -0.25) is 0 Å². The highest BCUT2D eigenvalue weighted by molar-refractivity contribution is 6.17. The topological polar surface area (TPSA) is 70.1 Å². The zero-order valence-electron chi connectivity index (χ0n) is 8.07. The number of carbonyl (C=O) groups excluding carboxylic acids is 1. The van der Waals surface area contributed by atoms with E-state index in [0.717, 1.165) is 4.90 Å². The Kier molecular flexibility index (Phi) is 5.78. The molecule has 0 aromatic carbocycles. The van der Waals surface area contributed by atoms with Gasteiger partial charge in [-0.1, -0.05) is 11.6 Å². The van der Waals surface area contributed by atoms with E-state index in [1.165, 1.54) is 19.0 Å².